The predicted molar refractivity (Wildman–Crippen MR) is 131 cm³/mol. The van der Waals surface area contributed by atoms with E-state index in [1.807, 2.05) is 0 Å². The molecule has 0 aliphatic carbocycles. The Kier molecular flexibility index (Phi) is 18.3. The first-order valence-electron chi connectivity index (χ1n) is 13.7. The average molecular weight is 421 g/mol. The van der Waals surface area contributed by atoms with Crippen molar-refractivity contribution in [3.63, 3.8) is 0 Å². The van der Waals surface area contributed by atoms with Crippen molar-refractivity contribution in [1.82, 2.24) is 0 Å². The monoisotopic (exact) mass is 420 g/mol. The number of cyclic esters (lactones) is 1. The van der Waals surface area contributed by atoms with Crippen molar-refractivity contribution in [3.05, 3.63) is 11.8 Å². The molecule has 1 aliphatic heterocycles. The zero-order chi connectivity index (χ0) is 21.7. The van der Waals surface area contributed by atoms with E-state index in [1.54, 1.807) is 0 Å². The molecule has 2 nitrogen and oxygen atoms in total. The number of hydrogen-bond donors (Lipinski definition) is 0. The zero-order valence-electron chi connectivity index (χ0n) is 20.5. The van der Waals surface area contributed by atoms with Crippen LogP contribution in [-0.4, -0.2) is 5.97 Å². The highest BCUT2D eigenvalue weighted by molar-refractivity contribution is 5.82. The average Bonchev–Trinajstić information content (AvgIpc) is 2.75. The molecule has 1 heterocycles. The number of carbonyl (C=O) groups excluding carboxylic acids is 1. The van der Waals surface area contributed by atoms with Crippen molar-refractivity contribution in [2.24, 2.45) is 5.92 Å². The summed E-state index contributed by atoms with van der Waals surface area (Å²) in [6.07, 6.45) is 31.5. The first-order valence-corrected chi connectivity index (χ1v) is 13.7. The number of allylic oxidation sites excluding steroid dienone is 1. The molecule has 1 atom stereocenters. The Morgan fingerprint density at radius 3 is 1.43 bits per heavy atom. The molecule has 0 bridgehead atoms. The number of ether oxygens (including phenoxy) is 1. The maximum atomic E-state index is 11.8. The molecule has 0 aromatic carbocycles. The summed E-state index contributed by atoms with van der Waals surface area (Å²) >= 11 is 0. The van der Waals surface area contributed by atoms with E-state index in [0.717, 1.165) is 18.6 Å². The van der Waals surface area contributed by atoms with Gasteiger partial charge >= 0.3 is 5.97 Å². The number of hydrogen-bond acceptors (Lipinski definition) is 2. The molecule has 2 heteroatoms. The smallest absolute Gasteiger partial charge is 0.321 e. The van der Waals surface area contributed by atoms with Crippen LogP contribution in [0.25, 0.3) is 0 Å². The number of carbonyl (C=O) groups is 1. The third-order valence-corrected chi connectivity index (χ3v) is 6.60. The van der Waals surface area contributed by atoms with E-state index in [4.69, 9.17) is 4.74 Å². The van der Waals surface area contributed by atoms with Gasteiger partial charge in [0.1, 0.15) is 11.7 Å². The molecule has 0 amide bonds. The highest BCUT2D eigenvalue weighted by atomic mass is 16.6. The van der Waals surface area contributed by atoms with Gasteiger partial charge in [-0.25, -0.2) is 0 Å². The highest BCUT2D eigenvalue weighted by Gasteiger charge is 2.36. The molecular formula is C28H52O2. The van der Waals surface area contributed by atoms with Crippen molar-refractivity contribution in [1.29, 1.82) is 0 Å². The maximum absolute atomic E-state index is 11.8. The van der Waals surface area contributed by atoms with Crippen LogP contribution in [0.2, 0.25) is 0 Å². The van der Waals surface area contributed by atoms with Gasteiger partial charge in [0.15, 0.2) is 0 Å². The van der Waals surface area contributed by atoms with Gasteiger partial charge in [0.2, 0.25) is 0 Å². The first-order chi connectivity index (χ1) is 14.8. The Labute approximate surface area is 188 Å². The highest BCUT2D eigenvalue weighted by Crippen LogP contribution is 2.32. The van der Waals surface area contributed by atoms with E-state index in [9.17, 15) is 4.79 Å². The fourth-order valence-corrected chi connectivity index (χ4v) is 4.47. The number of rotatable bonds is 22. The SMILES string of the molecule is CCCCCCCCCCCC/C=C1\OC(=O)C1CCCCCCCCCCCC. The molecule has 1 saturated heterocycles. The van der Waals surface area contributed by atoms with Crippen LogP contribution in [0, 0.1) is 5.92 Å². The normalized spacial score (nSPS) is 17.3. The van der Waals surface area contributed by atoms with Crippen LogP contribution in [0.3, 0.4) is 0 Å². The minimum absolute atomic E-state index is 0.0141. The van der Waals surface area contributed by atoms with Gasteiger partial charge in [-0.2, -0.15) is 0 Å². The standard InChI is InChI=1S/C28H52O2/c1-3-5-7-9-11-13-15-17-19-21-23-25-27-26(28(29)30-27)24-22-20-18-16-14-12-10-8-6-4-2/h25-26H,3-24H2,1-2H3/b27-25-. The van der Waals surface area contributed by atoms with E-state index in [0.29, 0.717) is 0 Å². The van der Waals surface area contributed by atoms with Gasteiger partial charge in [-0.3, -0.25) is 4.79 Å². The second-order valence-corrected chi connectivity index (χ2v) is 9.52. The van der Waals surface area contributed by atoms with Gasteiger partial charge in [-0.1, -0.05) is 136 Å². The van der Waals surface area contributed by atoms with Crippen LogP contribution in [0.15, 0.2) is 11.8 Å². The van der Waals surface area contributed by atoms with Gasteiger partial charge < -0.3 is 4.74 Å². The molecule has 30 heavy (non-hydrogen) atoms. The van der Waals surface area contributed by atoms with E-state index in [1.165, 1.54) is 128 Å². The molecule has 1 fully saturated rings. The van der Waals surface area contributed by atoms with E-state index in [-0.39, 0.29) is 11.9 Å². The largest absolute Gasteiger partial charge is 0.430 e. The fraction of sp³-hybridized carbons (Fsp3) is 0.893. The van der Waals surface area contributed by atoms with Crippen LogP contribution >= 0.6 is 0 Å². The summed E-state index contributed by atoms with van der Waals surface area (Å²) in [7, 11) is 0. The van der Waals surface area contributed by atoms with E-state index in [2.05, 4.69) is 19.9 Å². The summed E-state index contributed by atoms with van der Waals surface area (Å²) in [5.41, 5.74) is 0. The lowest BCUT2D eigenvalue weighted by atomic mass is 9.93. The topological polar surface area (TPSA) is 26.3 Å². The summed E-state index contributed by atoms with van der Waals surface area (Å²) in [5.74, 6) is 1.08. The fourth-order valence-electron chi connectivity index (χ4n) is 4.47. The Morgan fingerprint density at radius 2 is 1.00 bits per heavy atom. The Morgan fingerprint density at radius 1 is 0.600 bits per heavy atom. The summed E-state index contributed by atoms with van der Waals surface area (Å²) in [6.45, 7) is 4.55. The van der Waals surface area contributed by atoms with Gasteiger partial charge in [-0.15, -0.1) is 0 Å². The van der Waals surface area contributed by atoms with Crippen LogP contribution in [0.5, 0.6) is 0 Å². The lowest BCUT2D eigenvalue weighted by Crippen LogP contribution is -2.32. The third kappa shape index (κ3) is 14.3. The van der Waals surface area contributed by atoms with E-state index >= 15 is 0 Å². The van der Waals surface area contributed by atoms with Gasteiger partial charge in [-0.05, 0) is 25.3 Å². The molecule has 176 valence electrons. The maximum Gasteiger partial charge on any atom is 0.321 e. The molecule has 0 aromatic heterocycles. The van der Waals surface area contributed by atoms with Crippen molar-refractivity contribution in [2.45, 2.75) is 155 Å². The van der Waals surface area contributed by atoms with Crippen LogP contribution in [0.1, 0.15) is 155 Å². The van der Waals surface area contributed by atoms with Crippen molar-refractivity contribution < 1.29 is 9.53 Å². The first kappa shape index (κ1) is 27.2. The predicted octanol–water partition coefficient (Wildman–Crippen LogP) is 9.67. The molecule has 0 N–H and O–H groups in total. The minimum atomic E-state index is 0.0141. The number of esters is 1. The van der Waals surface area contributed by atoms with Crippen molar-refractivity contribution in [3.8, 4) is 0 Å². The third-order valence-electron chi connectivity index (χ3n) is 6.60. The molecule has 1 rings (SSSR count). The van der Waals surface area contributed by atoms with Gasteiger partial charge in [0.05, 0.1) is 0 Å². The summed E-state index contributed by atoms with van der Waals surface area (Å²) in [5, 5.41) is 0. The quantitative estimate of drug-likeness (QED) is 0.129. The lowest BCUT2D eigenvalue weighted by Gasteiger charge is -2.28. The second kappa shape index (κ2) is 20.1. The molecule has 1 aliphatic rings. The van der Waals surface area contributed by atoms with Crippen LogP contribution < -0.4 is 0 Å². The molecule has 0 radical (unpaired) electrons. The minimum Gasteiger partial charge on any atom is -0.430 e. The second-order valence-electron chi connectivity index (χ2n) is 9.52. The summed E-state index contributed by atoms with van der Waals surface area (Å²) in [6, 6.07) is 0. The molecule has 0 spiro atoms. The molecule has 0 aromatic rings. The van der Waals surface area contributed by atoms with Crippen LogP contribution in [0.4, 0.5) is 0 Å². The number of unbranched alkanes of at least 4 members (excludes halogenated alkanes) is 19. The summed E-state index contributed by atoms with van der Waals surface area (Å²) < 4.78 is 5.31. The molecular weight excluding hydrogens is 368 g/mol. The zero-order valence-corrected chi connectivity index (χ0v) is 20.5. The Bertz CT molecular complexity index is 426. The Hall–Kier alpha value is -0.790. The Balaban J connectivity index is 1.92. The van der Waals surface area contributed by atoms with Crippen LogP contribution in [-0.2, 0) is 9.53 Å². The lowest BCUT2D eigenvalue weighted by molar-refractivity contribution is -0.157. The van der Waals surface area contributed by atoms with E-state index < -0.39 is 0 Å². The van der Waals surface area contributed by atoms with Gasteiger partial charge in [0.25, 0.3) is 0 Å². The summed E-state index contributed by atoms with van der Waals surface area (Å²) in [4.78, 5) is 11.8. The molecule has 1 unspecified atom stereocenters. The van der Waals surface area contributed by atoms with Crippen molar-refractivity contribution in [2.75, 3.05) is 0 Å². The molecule has 0 saturated carbocycles. The van der Waals surface area contributed by atoms with Crippen molar-refractivity contribution >= 4 is 5.97 Å². The van der Waals surface area contributed by atoms with Gasteiger partial charge in [0, 0.05) is 0 Å².